The summed E-state index contributed by atoms with van der Waals surface area (Å²) in [5.74, 6) is -0.318. The number of urea groups is 1. The fourth-order valence-corrected chi connectivity index (χ4v) is 4.58. The molecule has 3 aromatic rings. The zero-order valence-electron chi connectivity index (χ0n) is 18.5. The van der Waals surface area contributed by atoms with Gasteiger partial charge in [-0.2, -0.15) is 5.10 Å². The lowest BCUT2D eigenvalue weighted by atomic mass is 10.0. The molecule has 33 heavy (non-hydrogen) atoms. The molecule has 8 nitrogen and oxygen atoms in total. The minimum absolute atomic E-state index is 0.00158. The number of hydrogen-bond acceptors (Lipinski definition) is 5. The average Bonchev–Trinajstić information content (AvgIpc) is 3.23. The number of carbonyl (C=O) groups excluding carboxylic acids is 1. The van der Waals surface area contributed by atoms with Gasteiger partial charge in [-0.25, -0.2) is 27.3 Å². The molecule has 2 amide bonds. The summed E-state index contributed by atoms with van der Waals surface area (Å²) < 4.78 is 38.4. The van der Waals surface area contributed by atoms with Crippen molar-refractivity contribution in [2.75, 3.05) is 17.7 Å². The highest BCUT2D eigenvalue weighted by Crippen LogP contribution is 2.30. The molecule has 0 aliphatic carbocycles. The molecule has 3 heterocycles. The summed E-state index contributed by atoms with van der Waals surface area (Å²) in [5.41, 5.74) is 3.11. The number of nitrogens with zero attached hydrogens (tertiary/aromatic N) is 4. The van der Waals surface area contributed by atoms with Crippen LogP contribution in [0.5, 0.6) is 0 Å². The van der Waals surface area contributed by atoms with Gasteiger partial charge in [-0.1, -0.05) is 19.4 Å². The van der Waals surface area contributed by atoms with Crippen molar-refractivity contribution in [3.05, 3.63) is 65.9 Å². The van der Waals surface area contributed by atoms with E-state index < -0.39 is 9.84 Å². The highest BCUT2D eigenvalue weighted by Gasteiger charge is 2.28. The summed E-state index contributed by atoms with van der Waals surface area (Å²) in [6.45, 7) is 2.57. The van der Waals surface area contributed by atoms with E-state index in [2.05, 4.69) is 15.4 Å². The smallest absolute Gasteiger partial charge is 0.322 e. The number of benzene rings is 1. The predicted octanol–water partition coefficient (Wildman–Crippen LogP) is 3.81. The van der Waals surface area contributed by atoms with Crippen LogP contribution in [0.4, 0.5) is 14.9 Å². The van der Waals surface area contributed by atoms with Gasteiger partial charge in [0.1, 0.15) is 5.82 Å². The minimum Gasteiger partial charge on any atom is -0.331 e. The lowest BCUT2D eigenvalue weighted by Crippen LogP contribution is -2.44. The first-order valence-corrected chi connectivity index (χ1v) is 12.7. The molecule has 1 aliphatic rings. The van der Waals surface area contributed by atoms with Crippen LogP contribution in [-0.4, -0.2) is 42.0 Å². The Hall–Kier alpha value is -3.27. The molecule has 1 N–H and O–H groups in total. The van der Waals surface area contributed by atoms with Gasteiger partial charge in [-0.3, -0.25) is 4.90 Å². The lowest BCUT2D eigenvalue weighted by molar-refractivity contribution is 0.241. The van der Waals surface area contributed by atoms with Crippen molar-refractivity contribution < 1.29 is 17.6 Å². The van der Waals surface area contributed by atoms with Crippen molar-refractivity contribution in [2.45, 2.75) is 43.7 Å². The van der Waals surface area contributed by atoms with E-state index in [1.165, 1.54) is 24.4 Å². The Balaban J connectivity index is 1.56. The zero-order chi connectivity index (χ0) is 23.6. The molecule has 0 bridgehead atoms. The van der Waals surface area contributed by atoms with Crippen LogP contribution in [0.15, 0.2) is 53.8 Å². The lowest BCUT2D eigenvalue weighted by Gasteiger charge is -2.29. The van der Waals surface area contributed by atoms with Crippen molar-refractivity contribution >= 4 is 21.6 Å². The normalized spacial score (nSPS) is 14.6. The van der Waals surface area contributed by atoms with E-state index >= 15 is 0 Å². The molecule has 10 heteroatoms. The maximum Gasteiger partial charge on any atom is 0.322 e. The van der Waals surface area contributed by atoms with Gasteiger partial charge in [0.05, 0.1) is 29.3 Å². The summed E-state index contributed by atoms with van der Waals surface area (Å²) in [6, 6.07) is 8.69. The number of aromatic nitrogens is 3. The second-order valence-electron chi connectivity index (χ2n) is 8.11. The summed E-state index contributed by atoms with van der Waals surface area (Å²) in [4.78, 5) is 19.0. The van der Waals surface area contributed by atoms with Crippen molar-refractivity contribution in [1.29, 1.82) is 0 Å². The Morgan fingerprint density at radius 3 is 2.58 bits per heavy atom. The minimum atomic E-state index is -3.39. The molecule has 1 aromatic carbocycles. The maximum atomic E-state index is 13.3. The summed E-state index contributed by atoms with van der Waals surface area (Å²) in [7, 11) is -3.39. The second-order valence-corrected chi connectivity index (χ2v) is 10.1. The number of anilines is 1. The number of fused-ring (bicyclic) bond motifs is 1. The third-order valence-corrected chi connectivity index (χ3v) is 6.67. The highest BCUT2D eigenvalue weighted by molar-refractivity contribution is 7.90. The molecular weight excluding hydrogens is 445 g/mol. The maximum absolute atomic E-state index is 13.3. The second kappa shape index (κ2) is 9.30. The standard InChI is InChI=1S/C23H26FN5O3S/c1-3-5-19(16-7-12-22(25-14-16)33(2,31)32)27-23(30)28-13-4-6-20-21(28)15-26-29(20)18-10-8-17(24)9-11-18/h7-12,14-15,19H,3-6,13H2,1-2H3,(H,27,30). The number of nitrogens with one attached hydrogen (secondary N) is 1. The number of sulfone groups is 1. The van der Waals surface area contributed by atoms with E-state index in [-0.39, 0.29) is 22.9 Å². The molecule has 1 atom stereocenters. The number of hydrogen-bond donors (Lipinski definition) is 1. The first-order chi connectivity index (χ1) is 15.8. The largest absolute Gasteiger partial charge is 0.331 e. The molecule has 0 fully saturated rings. The van der Waals surface area contributed by atoms with Crippen LogP contribution < -0.4 is 10.2 Å². The number of carbonyl (C=O) groups is 1. The van der Waals surface area contributed by atoms with Crippen molar-refractivity contribution in [3.63, 3.8) is 0 Å². The summed E-state index contributed by atoms with van der Waals surface area (Å²) in [5, 5.41) is 7.51. The Bertz CT molecular complexity index is 1240. The molecule has 0 saturated heterocycles. The Kier molecular flexibility index (Phi) is 6.46. The summed E-state index contributed by atoms with van der Waals surface area (Å²) in [6.07, 6.45) is 7.32. The van der Waals surface area contributed by atoms with Crippen LogP contribution in [0, 0.1) is 5.82 Å². The van der Waals surface area contributed by atoms with Crippen LogP contribution in [0.1, 0.15) is 43.5 Å². The molecule has 0 saturated carbocycles. The van der Waals surface area contributed by atoms with Crippen LogP contribution in [0.2, 0.25) is 0 Å². The van der Waals surface area contributed by atoms with Gasteiger partial charge in [0, 0.05) is 19.0 Å². The molecule has 1 aliphatic heterocycles. The monoisotopic (exact) mass is 471 g/mol. The number of halogens is 1. The Labute approximate surface area is 192 Å². The topological polar surface area (TPSA) is 97.2 Å². The highest BCUT2D eigenvalue weighted by atomic mass is 32.2. The van der Waals surface area contributed by atoms with E-state index in [4.69, 9.17) is 0 Å². The molecule has 0 radical (unpaired) electrons. The SMILES string of the molecule is CCCC(NC(=O)N1CCCc2c1cnn2-c1ccc(F)cc1)c1ccc(S(C)(=O)=O)nc1. The van der Waals surface area contributed by atoms with Crippen LogP contribution >= 0.6 is 0 Å². The van der Waals surface area contributed by atoms with E-state index in [1.807, 2.05) is 6.92 Å². The molecule has 1 unspecified atom stereocenters. The van der Waals surface area contributed by atoms with Gasteiger partial charge in [-0.15, -0.1) is 0 Å². The quantitative estimate of drug-likeness (QED) is 0.590. The first kappa shape index (κ1) is 22.9. The number of pyridine rings is 1. The van der Waals surface area contributed by atoms with E-state index in [1.54, 1.807) is 34.0 Å². The summed E-state index contributed by atoms with van der Waals surface area (Å²) >= 11 is 0. The van der Waals surface area contributed by atoms with Gasteiger partial charge >= 0.3 is 6.03 Å². The van der Waals surface area contributed by atoms with E-state index in [0.717, 1.165) is 48.2 Å². The number of amides is 2. The fourth-order valence-electron chi connectivity index (χ4n) is 4.02. The van der Waals surface area contributed by atoms with Crippen LogP contribution in [0.25, 0.3) is 5.69 Å². The number of rotatable bonds is 6. The average molecular weight is 472 g/mol. The third kappa shape index (κ3) is 4.90. The van der Waals surface area contributed by atoms with E-state index in [9.17, 15) is 17.6 Å². The predicted molar refractivity (Wildman–Crippen MR) is 123 cm³/mol. The molecular formula is C23H26FN5O3S. The Morgan fingerprint density at radius 1 is 1.18 bits per heavy atom. The van der Waals surface area contributed by atoms with Gasteiger partial charge < -0.3 is 5.32 Å². The molecule has 0 spiro atoms. The van der Waals surface area contributed by atoms with Crippen LogP contribution in [0.3, 0.4) is 0 Å². The van der Waals surface area contributed by atoms with Crippen molar-refractivity contribution in [2.24, 2.45) is 0 Å². The molecule has 174 valence electrons. The van der Waals surface area contributed by atoms with Gasteiger partial charge in [0.25, 0.3) is 0 Å². The Morgan fingerprint density at radius 2 is 1.94 bits per heavy atom. The first-order valence-electron chi connectivity index (χ1n) is 10.8. The van der Waals surface area contributed by atoms with Crippen LogP contribution in [-0.2, 0) is 16.3 Å². The van der Waals surface area contributed by atoms with Crippen molar-refractivity contribution in [3.8, 4) is 5.69 Å². The van der Waals surface area contributed by atoms with E-state index in [0.29, 0.717) is 13.0 Å². The zero-order valence-corrected chi connectivity index (χ0v) is 19.3. The van der Waals surface area contributed by atoms with Gasteiger partial charge in [0.15, 0.2) is 14.9 Å². The molecule has 4 rings (SSSR count). The molecule has 2 aromatic heterocycles. The van der Waals surface area contributed by atoms with Crippen molar-refractivity contribution in [1.82, 2.24) is 20.1 Å². The van der Waals surface area contributed by atoms with Gasteiger partial charge in [-0.05, 0) is 55.2 Å². The van der Waals surface area contributed by atoms with Gasteiger partial charge in [0.2, 0.25) is 0 Å². The third-order valence-electron chi connectivity index (χ3n) is 5.67. The fraction of sp³-hybridized carbons (Fsp3) is 0.348.